The fraction of sp³-hybridized carbons (Fsp3) is 0.300. The zero-order valence-electron chi connectivity index (χ0n) is 8.03. The second kappa shape index (κ2) is 4.08. The van der Waals surface area contributed by atoms with E-state index in [1.807, 2.05) is 0 Å². The lowest BCUT2D eigenvalue weighted by atomic mass is 10.3. The Morgan fingerprint density at radius 1 is 1.53 bits per heavy atom. The Balaban J connectivity index is 1.88. The molecule has 0 aliphatic heterocycles. The second-order valence-corrected chi connectivity index (χ2v) is 4.05. The minimum Gasteiger partial charge on any atom is -0.334 e. The van der Waals surface area contributed by atoms with Gasteiger partial charge in [-0.1, -0.05) is 17.7 Å². The van der Waals surface area contributed by atoms with Gasteiger partial charge in [-0.15, -0.1) is 0 Å². The van der Waals surface area contributed by atoms with Gasteiger partial charge in [0, 0.05) is 22.8 Å². The number of rotatable bonds is 2. The van der Waals surface area contributed by atoms with Crippen LogP contribution in [0.3, 0.4) is 0 Å². The van der Waals surface area contributed by atoms with Crippen LogP contribution in [0.5, 0.6) is 0 Å². The van der Waals surface area contributed by atoms with Gasteiger partial charge in [0.1, 0.15) is 0 Å². The molecule has 2 amide bonds. The third-order valence-corrected chi connectivity index (χ3v) is 2.47. The molecule has 1 aliphatic rings. The van der Waals surface area contributed by atoms with Gasteiger partial charge >= 0.3 is 6.03 Å². The topological polar surface area (TPSA) is 67.1 Å². The van der Waals surface area contributed by atoms with Crippen molar-refractivity contribution in [2.24, 2.45) is 5.73 Å². The molecular weight excluding hydrogens is 214 g/mol. The van der Waals surface area contributed by atoms with Crippen molar-refractivity contribution in [3.8, 4) is 0 Å². The van der Waals surface area contributed by atoms with Crippen LogP contribution < -0.4 is 16.4 Å². The van der Waals surface area contributed by atoms with Crippen LogP contribution in [0.15, 0.2) is 24.3 Å². The second-order valence-electron chi connectivity index (χ2n) is 3.61. The van der Waals surface area contributed by atoms with E-state index in [1.165, 1.54) is 0 Å². The fourth-order valence-corrected chi connectivity index (χ4v) is 1.47. The first kappa shape index (κ1) is 10.3. The predicted octanol–water partition coefficient (Wildman–Crippen LogP) is 1.56. The van der Waals surface area contributed by atoms with Gasteiger partial charge in [-0.25, -0.2) is 4.79 Å². The zero-order chi connectivity index (χ0) is 10.8. The number of carbonyl (C=O) groups is 1. The molecule has 15 heavy (non-hydrogen) atoms. The van der Waals surface area contributed by atoms with E-state index in [1.54, 1.807) is 24.3 Å². The van der Waals surface area contributed by atoms with Crippen LogP contribution in [-0.2, 0) is 0 Å². The Bertz CT molecular complexity index is 383. The van der Waals surface area contributed by atoms with Crippen molar-refractivity contribution in [1.29, 1.82) is 0 Å². The molecule has 0 radical (unpaired) electrons. The van der Waals surface area contributed by atoms with Gasteiger partial charge in [-0.05, 0) is 24.6 Å². The first-order valence-electron chi connectivity index (χ1n) is 4.74. The van der Waals surface area contributed by atoms with Crippen molar-refractivity contribution in [1.82, 2.24) is 5.32 Å². The van der Waals surface area contributed by atoms with Crippen molar-refractivity contribution in [3.63, 3.8) is 0 Å². The molecule has 1 fully saturated rings. The van der Waals surface area contributed by atoms with Gasteiger partial charge < -0.3 is 16.4 Å². The molecule has 1 aromatic carbocycles. The largest absolute Gasteiger partial charge is 0.334 e. The summed E-state index contributed by atoms with van der Waals surface area (Å²) >= 11 is 5.78. The molecule has 0 saturated heterocycles. The number of nitrogens with one attached hydrogen (secondary N) is 2. The molecule has 2 atom stereocenters. The van der Waals surface area contributed by atoms with Crippen LogP contribution in [0.4, 0.5) is 10.5 Å². The lowest BCUT2D eigenvalue weighted by Gasteiger charge is -2.06. The molecule has 0 heterocycles. The summed E-state index contributed by atoms with van der Waals surface area (Å²) in [6, 6.07) is 6.98. The number of urea groups is 1. The monoisotopic (exact) mass is 225 g/mol. The number of nitrogens with two attached hydrogens (primary N) is 1. The fourth-order valence-electron chi connectivity index (χ4n) is 1.28. The van der Waals surface area contributed by atoms with E-state index in [9.17, 15) is 4.79 Å². The van der Waals surface area contributed by atoms with Gasteiger partial charge in [0.25, 0.3) is 0 Å². The summed E-state index contributed by atoms with van der Waals surface area (Å²) < 4.78 is 0. The average Bonchev–Trinajstić information content (AvgIpc) is 2.81. The number of hydrogen-bond acceptors (Lipinski definition) is 2. The molecule has 4 N–H and O–H groups in total. The third-order valence-electron chi connectivity index (χ3n) is 2.24. The number of carbonyl (C=O) groups excluding carboxylic acids is 1. The Morgan fingerprint density at radius 2 is 2.27 bits per heavy atom. The van der Waals surface area contributed by atoms with Gasteiger partial charge in [0.05, 0.1) is 0 Å². The number of hydrogen-bond donors (Lipinski definition) is 3. The van der Waals surface area contributed by atoms with Gasteiger partial charge in [0.15, 0.2) is 0 Å². The number of amides is 2. The summed E-state index contributed by atoms with van der Waals surface area (Å²) in [5, 5.41) is 6.03. The highest BCUT2D eigenvalue weighted by Gasteiger charge is 2.34. The van der Waals surface area contributed by atoms with E-state index in [4.69, 9.17) is 17.3 Å². The minimum absolute atomic E-state index is 0.107. The van der Waals surface area contributed by atoms with Crippen molar-refractivity contribution in [2.45, 2.75) is 18.5 Å². The molecule has 2 unspecified atom stereocenters. The van der Waals surface area contributed by atoms with Crippen molar-refractivity contribution >= 4 is 23.3 Å². The maximum absolute atomic E-state index is 11.4. The van der Waals surface area contributed by atoms with Gasteiger partial charge in [-0.2, -0.15) is 0 Å². The van der Waals surface area contributed by atoms with Crippen LogP contribution in [0.2, 0.25) is 5.02 Å². The van der Waals surface area contributed by atoms with Crippen LogP contribution in [-0.4, -0.2) is 18.1 Å². The van der Waals surface area contributed by atoms with E-state index >= 15 is 0 Å². The summed E-state index contributed by atoms with van der Waals surface area (Å²) in [7, 11) is 0. The molecule has 4 nitrogen and oxygen atoms in total. The van der Waals surface area contributed by atoms with E-state index in [0.29, 0.717) is 10.7 Å². The molecule has 1 saturated carbocycles. The minimum atomic E-state index is -0.241. The average molecular weight is 226 g/mol. The quantitative estimate of drug-likeness (QED) is 0.715. The Hall–Kier alpha value is -1.26. The molecule has 1 aliphatic carbocycles. The summed E-state index contributed by atoms with van der Waals surface area (Å²) in [5.41, 5.74) is 6.24. The Morgan fingerprint density at radius 3 is 2.87 bits per heavy atom. The maximum Gasteiger partial charge on any atom is 0.319 e. The lowest BCUT2D eigenvalue weighted by Crippen LogP contribution is -2.33. The van der Waals surface area contributed by atoms with Crippen molar-refractivity contribution < 1.29 is 4.79 Å². The molecule has 2 rings (SSSR count). The van der Waals surface area contributed by atoms with Gasteiger partial charge in [0.2, 0.25) is 0 Å². The van der Waals surface area contributed by atoms with E-state index < -0.39 is 0 Å². The lowest BCUT2D eigenvalue weighted by molar-refractivity contribution is 0.251. The maximum atomic E-state index is 11.4. The number of halogens is 1. The Kier molecular flexibility index (Phi) is 2.79. The SMILES string of the molecule is NC1CC1NC(=O)Nc1cccc(Cl)c1. The highest BCUT2D eigenvalue weighted by molar-refractivity contribution is 6.30. The standard InChI is InChI=1S/C10H12ClN3O/c11-6-2-1-3-7(4-6)13-10(15)14-9-5-8(9)12/h1-4,8-9H,5,12H2,(H2,13,14,15). The van der Waals surface area contributed by atoms with Crippen LogP contribution >= 0.6 is 11.6 Å². The third kappa shape index (κ3) is 2.84. The first-order valence-corrected chi connectivity index (χ1v) is 5.11. The molecular formula is C10H12ClN3O. The smallest absolute Gasteiger partial charge is 0.319 e. The molecule has 5 heteroatoms. The first-order chi connectivity index (χ1) is 7.15. The summed E-state index contributed by atoms with van der Waals surface area (Å²) in [5.74, 6) is 0. The summed E-state index contributed by atoms with van der Waals surface area (Å²) in [6.45, 7) is 0. The molecule has 1 aromatic rings. The van der Waals surface area contributed by atoms with E-state index in [2.05, 4.69) is 10.6 Å². The molecule has 0 bridgehead atoms. The highest BCUT2D eigenvalue weighted by Crippen LogP contribution is 2.18. The summed E-state index contributed by atoms with van der Waals surface area (Å²) in [6.07, 6.45) is 0.850. The van der Waals surface area contributed by atoms with Crippen LogP contribution in [0, 0.1) is 0 Å². The number of benzene rings is 1. The van der Waals surface area contributed by atoms with Gasteiger partial charge in [-0.3, -0.25) is 0 Å². The molecule has 80 valence electrons. The molecule has 0 aromatic heterocycles. The van der Waals surface area contributed by atoms with Crippen LogP contribution in [0.1, 0.15) is 6.42 Å². The number of anilines is 1. The highest BCUT2D eigenvalue weighted by atomic mass is 35.5. The predicted molar refractivity (Wildman–Crippen MR) is 60.0 cm³/mol. The normalized spacial score (nSPS) is 23.3. The molecule has 0 spiro atoms. The van der Waals surface area contributed by atoms with Crippen molar-refractivity contribution in [3.05, 3.63) is 29.3 Å². The summed E-state index contributed by atoms with van der Waals surface area (Å²) in [4.78, 5) is 11.4. The zero-order valence-corrected chi connectivity index (χ0v) is 8.79. The Labute approximate surface area is 92.8 Å². The van der Waals surface area contributed by atoms with E-state index in [0.717, 1.165) is 6.42 Å². The van der Waals surface area contributed by atoms with Crippen LogP contribution in [0.25, 0.3) is 0 Å². The van der Waals surface area contributed by atoms with Crippen molar-refractivity contribution in [2.75, 3.05) is 5.32 Å². The van der Waals surface area contributed by atoms with E-state index in [-0.39, 0.29) is 18.1 Å².